The zero-order valence-electron chi connectivity index (χ0n) is 72.7. The topological polar surface area (TPSA) is 306 Å². The maximum atomic E-state index is 14.2. The van der Waals surface area contributed by atoms with Crippen LogP contribution in [0.2, 0.25) is 15.1 Å². The van der Waals surface area contributed by atoms with Crippen LogP contribution < -0.4 is 50.8 Å². The van der Waals surface area contributed by atoms with Gasteiger partial charge in [0.05, 0.1) is 108 Å². The number of unbranched alkanes of at least 4 members (excludes halogenated alkanes) is 1. The molecule has 0 unspecified atom stereocenters. The number of aliphatic hydroxyl groups excluding tert-OH is 2. The van der Waals surface area contributed by atoms with Crippen molar-refractivity contribution in [3.63, 3.8) is 0 Å². The van der Waals surface area contributed by atoms with E-state index in [1.165, 1.54) is 0 Å². The van der Waals surface area contributed by atoms with Crippen LogP contribution in [-0.4, -0.2) is 222 Å². The number of aromatic nitrogens is 6. The van der Waals surface area contributed by atoms with Crippen molar-refractivity contribution in [2.45, 2.75) is 105 Å². The van der Waals surface area contributed by atoms with E-state index >= 15 is 0 Å². The molecule has 28 nitrogen and oxygen atoms in total. The molecule has 3 aromatic heterocycles. The highest BCUT2D eigenvalue weighted by atomic mass is 35.5. The van der Waals surface area contributed by atoms with Crippen molar-refractivity contribution in [1.29, 1.82) is 0 Å². The number of hydrogen-bond donors (Lipinski definition) is 3. The maximum Gasteiger partial charge on any atom is 0.266 e. The number of rotatable bonds is 32. The van der Waals surface area contributed by atoms with Crippen molar-refractivity contribution in [1.82, 2.24) is 58.1 Å². The van der Waals surface area contributed by atoms with Gasteiger partial charge in [0.25, 0.3) is 34.4 Å². The Balaban J connectivity index is 0.000000165. The van der Waals surface area contributed by atoms with Crippen molar-refractivity contribution < 1.29 is 57.8 Å². The molecule has 15 rings (SSSR count). The van der Waals surface area contributed by atoms with Gasteiger partial charge in [-0.1, -0.05) is 83.3 Å². The van der Waals surface area contributed by atoms with Gasteiger partial charge in [-0.25, -0.2) is 15.0 Å². The molecule has 3 saturated heterocycles. The second kappa shape index (κ2) is 45.1. The van der Waals surface area contributed by atoms with Crippen LogP contribution in [0.3, 0.4) is 0 Å². The molecule has 0 saturated carbocycles. The van der Waals surface area contributed by atoms with Gasteiger partial charge in [0, 0.05) is 106 Å². The van der Waals surface area contributed by atoms with Gasteiger partial charge in [0.15, 0.2) is 19.8 Å². The molecule has 3 fully saturated rings. The zero-order valence-corrected chi connectivity index (χ0v) is 75.0. The fourth-order valence-corrected chi connectivity index (χ4v) is 15.6. The van der Waals surface area contributed by atoms with Crippen LogP contribution in [0.15, 0.2) is 215 Å². The highest BCUT2D eigenvalue weighted by molar-refractivity contribution is 6.31. The number of carbonyl (C=O) groups excluding carboxylic acids is 3. The second-order valence-corrected chi connectivity index (χ2v) is 33.3. The number of ether oxygens (including phenoxy) is 7. The zero-order chi connectivity index (χ0) is 90.3. The number of anilines is 1. The third-order valence-corrected chi connectivity index (χ3v) is 22.3. The van der Waals surface area contributed by atoms with E-state index in [-0.39, 0.29) is 85.7 Å². The number of halogens is 3. The Labute approximate surface area is 758 Å². The fourth-order valence-electron chi connectivity index (χ4n) is 15.2. The molecule has 128 heavy (non-hydrogen) atoms. The van der Waals surface area contributed by atoms with E-state index in [9.17, 15) is 33.9 Å². The SMILES string of the molecule is CC(C)Oc1ccc(CCCCOCCO)cc1-n1c(CN2CCN(C(=O)COc3ccc(Cl)cc3)CC2)nc2ccccc2c1=O.CC(C)Oc1ccccc1-n1c(CN2CCN(C(=O)COc3ccc(Cl)cc3)CC2)nc2ccc(CO)cc2c1=O.CC(C)Oc1ccccc1-n1c(CN2CCN(C(=O)COc3ccc(Cl)cc3)CC2)nc2ccc(N)cc2c1=O. The number of nitrogens with zero attached hydrogens (tertiary/aromatic N) is 12. The summed E-state index contributed by atoms with van der Waals surface area (Å²) in [5.41, 5.74) is 11.3. The van der Waals surface area contributed by atoms with Crippen molar-refractivity contribution >= 4 is 90.9 Å². The quantitative estimate of drug-likeness (QED) is 0.0261. The molecule has 0 atom stereocenters. The molecule has 31 heteroatoms. The van der Waals surface area contributed by atoms with Gasteiger partial charge in [-0.3, -0.25) is 57.2 Å². The molecule has 0 radical (unpaired) electrons. The first-order valence-electron chi connectivity index (χ1n) is 43.1. The van der Waals surface area contributed by atoms with Gasteiger partial charge in [-0.05, 0) is 224 Å². The van der Waals surface area contributed by atoms with Crippen LogP contribution in [0, 0.1) is 0 Å². The number of aryl methyl sites for hydroxylation is 1. The monoisotopic (exact) mass is 1800 g/mol. The van der Waals surface area contributed by atoms with E-state index in [0.29, 0.717) is 239 Å². The lowest BCUT2D eigenvalue weighted by Gasteiger charge is -2.34. The predicted molar refractivity (Wildman–Crippen MR) is 497 cm³/mol. The minimum Gasteiger partial charge on any atom is -0.489 e. The first-order valence-corrected chi connectivity index (χ1v) is 44.2. The molecule has 3 aliphatic rings. The number of aliphatic hydroxyl groups is 2. The van der Waals surface area contributed by atoms with Gasteiger partial charge < -0.3 is 63.8 Å². The first-order chi connectivity index (χ1) is 61.9. The molecule has 4 N–H and O–H groups in total. The number of hydrogen-bond acceptors (Lipinski definition) is 22. The normalized spacial score (nSPS) is 13.9. The predicted octanol–water partition coefficient (Wildman–Crippen LogP) is 13.1. The van der Waals surface area contributed by atoms with Crippen LogP contribution >= 0.6 is 34.8 Å². The number of nitrogens with two attached hydrogens (primary N) is 1. The maximum absolute atomic E-state index is 14.2. The Morgan fingerprint density at radius 2 is 0.758 bits per heavy atom. The molecule has 6 heterocycles. The number of amides is 3. The van der Waals surface area contributed by atoms with Gasteiger partial charge in [0.1, 0.15) is 52.0 Å². The minimum absolute atomic E-state index is 0.0193. The van der Waals surface area contributed by atoms with Gasteiger partial charge in [-0.15, -0.1) is 0 Å². The highest BCUT2D eigenvalue weighted by Gasteiger charge is 2.30. The molecule has 3 aliphatic heterocycles. The number of benzene rings is 9. The van der Waals surface area contributed by atoms with Crippen LogP contribution in [0.4, 0.5) is 5.69 Å². The number of piperazine rings is 3. The number of nitrogen functional groups attached to an aromatic ring is 1. The number of para-hydroxylation sites is 5. The third kappa shape index (κ3) is 25.1. The molecular weight excluding hydrogens is 1690 g/mol. The summed E-state index contributed by atoms with van der Waals surface area (Å²) in [4.78, 5) is 107. The molecule has 3 amide bonds. The summed E-state index contributed by atoms with van der Waals surface area (Å²) in [6.07, 6.45) is 2.33. The molecule has 672 valence electrons. The lowest BCUT2D eigenvalue weighted by Crippen LogP contribution is -2.50. The highest BCUT2D eigenvalue weighted by Crippen LogP contribution is 2.32. The van der Waals surface area contributed by atoms with Crippen LogP contribution in [0.5, 0.6) is 34.5 Å². The summed E-state index contributed by atoms with van der Waals surface area (Å²) >= 11 is 17.8. The van der Waals surface area contributed by atoms with Crippen LogP contribution in [0.1, 0.15) is 83.0 Å². The van der Waals surface area contributed by atoms with Gasteiger partial charge in [0.2, 0.25) is 0 Å². The molecule has 0 spiro atoms. The molecule has 0 aliphatic carbocycles. The van der Waals surface area contributed by atoms with Crippen molar-refractivity contribution in [3.8, 4) is 51.6 Å². The number of fused-ring (bicyclic) bond motifs is 3. The minimum atomic E-state index is -0.228. The first kappa shape index (κ1) is 93.7. The van der Waals surface area contributed by atoms with Crippen LogP contribution in [-0.2, 0) is 51.8 Å². The van der Waals surface area contributed by atoms with E-state index in [0.717, 1.165) is 24.8 Å². The average molecular weight is 1800 g/mol. The van der Waals surface area contributed by atoms with E-state index in [4.69, 9.17) is 93.8 Å². The van der Waals surface area contributed by atoms with Gasteiger partial charge in [-0.2, -0.15) is 0 Å². The van der Waals surface area contributed by atoms with E-state index in [2.05, 4.69) is 14.7 Å². The van der Waals surface area contributed by atoms with Crippen molar-refractivity contribution in [2.24, 2.45) is 0 Å². The summed E-state index contributed by atoms with van der Waals surface area (Å²) in [6.45, 7) is 20.6. The summed E-state index contributed by atoms with van der Waals surface area (Å²) in [5.74, 6) is 5.13. The van der Waals surface area contributed by atoms with Crippen molar-refractivity contribution in [2.75, 3.05) is 124 Å². The van der Waals surface area contributed by atoms with Gasteiger partial charge >= 0.3 is 0 Å². The van der Waals surface area contributed by atoms with E-state index in [1.807, 2.05) is 126 Å². The Morgan fingerprint density at radius 3 is 1.18 bits per heavy atom. The Hall–Kier alpha value is -12.0. The molecule has 0 bridgehead atoms. The lowest BCUT2D eigenvalue weighted by atomic mass is 10.1. The largest absolute Gasteiger partial charge is 0.489 e. The Kier molecular flexibility index (Phi) is 33.0. The summed E-state index contributed by atoms with van der Waals surface area (Å²) in [7, 11) is 0. The third-order valence-electron chi connectivity index (χ3n) is 21.6. The Morgan fingerprint density at radius 1 is 0.391 bits per heavy atom. The van der Waals surface area contributed by atoms with E-state index < -0.39 is 0 Å². The summed E-state index contributed by atoms with van der Waals surface area (Å²) in [6, 6.07) is 59.5. The van der Waals surface area contributed by atoms with Crippen LogP contribution in [0.25, 0.3) is 49.8 Å². The smallest absolute Gasteiger partial charge is 0.266 e. The average Bonchev–Trinajstić information content (AvgIpc) is 0.769. The Bertz CT molecular complexity index is 5980. The van der Waals surface area contributed by atoms with Crippen molar-refractivity contribution in [3.05, 3.63) is 275 Å². The van der Waals surface area contributed by atoms with E-state index in [1.54, 1.807) is 144 Å². The molecule has 9 aromatic carbocycles. The fraction of sp³-hybridized carbons (Fsp3) is 0.351. The summed E-state index contributed by atoms with van der Waals surface area (Å²) < 4.78 is 45.6. The molecule has 12 aromatic rings. The molecular formula is C97H108Cl3N13O15. The number of carbonyl (C=O) groups is 3. The lowest BCUT2D eigenvalue weighted by molar-refractivity contribution is -0.135. The second-order valence-electron chi connectivity index (χ2n) is 32.0. The summed E-state index contributed by atoms with van der Waals surface area (Å²) in [5, 5.41) is 21.8. The standard InChI is InChI=1S/C36H43ClN4O6.C31H33ClN4O5.C30H32ClN5O4/c1-26(2)47-33-15-10-27(7-5-6-21-45-22-20-42)23-32(33)41-34(38-31-9-4-3-8-30(31)36(41)44)24-39-16-18-40(19-17-39)35(43)25-46-29-13-11-28(37)12-14-29;1-21(2)41-28-6-4-3-5-27(28)36-29(33-26-12-7-22(19-37)17-25(26)31(36)39)18-34-13-15-35(16-14-34)30(38)20-40-24-10-8-23(32)9-11-24;1-20(2)40-27-6-4-3-5-26(27)36-28(33-25-12-9-22(32)17-24(25)30(36)38)18-34-13-15-35(16-14-34)29(37)19-39-23-10-7-21(31)8-11-23/h3-4,8-15,23,26,42H,5-7,16-22,24-25H2,1-2H3;3-12,17,21,37H,13-16,18-20H2,1-2H3;3-12,17,20H,13-16,18-19,32H2,1-2H3.